The molecule has 122 valence electrons. The Hall–Kier alpha value is -2.63. The average Bonchev–Trinajstić information content (AvgIpc) is 2.99. The summed E-state index contributed by atoms with van der Waals surface area (Å²) in [5.41, 5.74) is 1.61. The van der Waals surface area contributed by atoms with E-state index in [2.05, 4.69) is 15.7 Å². The Morgan fingerprint density at radius 2 is 1.74 bits per heavy atom. The summed E-state index contributed by atoms with van der Waals surface area (Å²) in [5, 5.41) is 9.71. The van der Waals surface area contributed by atoms with Gasteiger partial charge in [0.2, 0.25) is 0 Å². The molecule has 23 heavy (non-hydrogen) atoms. The lowest BCUT2D eigenvalue weighted by Crippen LogP contribution is -2.32. The van der Waals surface area contributed by atoms with Crippen LogP contribution in [0.2, 0.25) is 0 Å². The summed E-state index contributed by atoms with van der Waals surface area (Å²) in [6.07, 6.45) is 0. The Morgan fingerprint density at radius 1 is 1.09 bits per heavy atom. The van der Waals surface area contributed by atoms with E-state index in [0.29, 0.717) is 5.69 Å². The fraction of sp³-hybridized carbons (Fsp3) is 0.353. The van der Waals surface area contributed by atoms with Gasteiger partial charge in [-0.1, -0.05) is 30.3 Å². The van der Waals surface area contributed by atoms with Crippen LogP contribution < -0.4 is 10.6 Å². The minimum Gasteiger partial charge on any atom is -0.354 e. The number of benzene rings is 1. The number of nitrogens with zero attached hydrogens (tertiary/aromatic N) is 2. The zero-order valence-electron chi connectivity index (χ0n) is 13.8. The van der Waals surface area contributed by atoms with E-state index in [4.69, 9.17) is 0 Å². The van der Waals surface area contributed by atoms with Gasteiger partial charge in [0.25, 0.3) is 11.8 Å². The van der Waals surface area contributed by atoms with Crippen LogP contribution in [0, 0.1) is 0 Å². The van der Waals surface area contributed by atoms with Crippen molar-refractivity contribution in [1.82, 2.24) is 20.4 Å². The molecule has 1 aromatic heterocycles. The number of nitrogens with one attached hydrogen (secondary N) is 2. The number of hydrogen-bond donors (Lipinski definition) is 2. The molecule has 0 aliphatic heterocycles. The summed E-state index contributed by atoms with van der Waals surface area (Å²) in [5.74, 6) is -0.562. The average molecular weight is 314 g/mol. The van der Waals surface area contributed by atoms with Crippen LogP contribution >= 0.6 is 0 Å². The van der Waals surface area contributed by atoms with E-state index in [0.717, 1.165) is 5.56 Å². The number of carbonyl (C=O) groups is 2. The van der Waals surface area contributed by atoms with Crippen LogP contribution in [-0.4, -0.2) is 34.7 Å². The van der Waals surface area contributed by atoms with Crippen LogP contribution in [0.4, 0.5) is 0 Å². The van der Waals surface area contributed by atoms with Gasteiger partial charge < -0.3 is 10.6 Å². The molecule has 0 saturated heterocycles. The van der Waals surface area contributed by atoms with Crippen LogP contribution in [-0.2, 0) is 0 Å². The van der Waals surface area contributed by atoms with Gasteiger partial charge in [0, 0.05) is 19.2 Å². The number of carbonyl (C=O) groups excluding carboxylic acids is 2. The Morgan fingerprint density at radius 3 is 2.30 bits per heavy atom. The summed E-state index contributed by atoms with van der Waals surface area (Å²) in [6, 6.07) is 11.1. The van der Waals surface area contributed by atoms with Crippen molar-refractivity contribution >= 4 is 11.8 Å². The zero-order valence-corrected chi connectivity index (χ0v) is 13.8. The van der Waals surface area contributed by atoms with Gasteiger partial charge in [0.05, 0.1) is 6.04 Å². The van der Waals surface area contributed by atoms with Crippen molar-refractivity contribution in [2.75, 3.05) is 7.05 Å². The normalized spacial score (nSPS) is 12.0. The zero-order chi connectivity index (χ0) is 17.0. The van der Waals surface area contributed by atoms with Crippen molar-refractivity contribution in [3.8, 4) is 0 Å². The van der Waals surface area contributed by atoms with E-state index < -0.39 is 0 Å². The molecule has 6 heteroatoms. The molecule has 1 atom stereocenters. The number of aromatic nitrogens is 2. The molecular formula is C17H22N4O2. The van der Waals surface area contributed by atoms with Gasteiger partial charge in [-0.05, 0) is 26.3 Å². The molecule has 1 heterocycles. The third kappa shape index (κ3) is 3.77. The standard InChI is InChI=1S/C17H22N4O2/c1-11(2)19-17(23)15-10-14(16(22)18-4)20-21(15)12(3)13-8-6-5-7-9-13/h5-12H,1-4H3,(H,18,22)(H,19,23)/t12-/m0/s1. The quantitative estimate of drug-likeness (QED) is 0.886. The van der Waals surface area contributed by atoms with Crippen molar-refractivity contribution in [2.45, 2.75) is 32.9 Å². The summed E-state index contributed by atoms with van der Waals surface area (Å²) in [4.78, 5) is 24.3. The Labute approximate surface area is 135 Å². The molecule has 0 aliphatic rings. The van der Waals surface area contributed by atoms with Crippen LogP contribution in [0.3, 0.4) is 0 Å². The molecule has 0 bridgehead atoms. The van der Waals surface area contributed by atoms with Crippen molar-refractivity contribution in [2.24, 2.45) is 0 Å². The fourth-order valence-electron chi connectivity index (χ4n) is 2.31. The van der Waals surface area contributed by atoms with Gasteiger partial charge in [0.15, 0.2) is 5.69 Å². The Kier molecular flexibility index (Phi) is 5.16. The molecule has 0 unspecified atom stereocenters. The van der Waals surface area contributed by atoms with Crippen LogP contribution in [0.1, 0.15) is 53.4 Å². The minimum atomic E-state index is -0.317. The van der Waals surface area contributed by atoms with E-state index in [-0.39, 0.29) is 29.6 Å². The van der Waals surface area contributed by atoms with E-state index in [9.17, 15) is 9.59 Å². The van der Waals surface area contributed by atoms with Gasteiger partial charge in [-0.3, -0.25) is 14.3 Å². The van der Waals surface area contributed by atoms with Crippen LogP contribution in [0.15, 0.2) is 36.4 Å². The first-order valence-electron chi connectivity index (χ1n) is 7.61. The predicted molar refractivity (Wildman–Crippen MR) is 88.5 cm³/mol. The molecule has 0 aliphatic carbocycles. The summed E-state index contributed by atoms with van der Waals surface area (Å²) < 4.78 is 1.59. The number of hydrogen-bond acceptors (Lipinski definition) is 3. The van der Waals surface area contributed by atoms with Crippen molar-refractivity contribution in [1.29, 1.82) is 0 Å². The molecular weight excluding hydrogens is 292 g/mol. The highest BCUT2D eigenvalue weighted by atomic mass is 16.2. The molecule has 2 aromatic rings. The second kappa shape index (κ2) is 7.09. The maximum absolute atomic E-state index is 12.4. The smallest absolute Gasteiger partial charge is 0.271 e. The van der Waals surface area contributed by atoms with E-state index >= 15 is 0 Å². The number of rotatable bonds is 5. The highest BCUT2D eigenvalue weighted by Crippen LogP contribution is 2.20. The molecule has 2 amide bonds. The van der Waals surface area contributed by atoms with Crippen molar-refractivity contribution in [3.63, 3.8) is 0 Å². The highest BCUT2D eigenvalue weighted by molar-refractivity contribution is 5.98. The largest absolute Gasteiger partial charge is 0.354 e. The van der Waals surface area contributed by atoms with Crippen molar-refractivity contribution < 1.29 is 9.59 Å². The van der Waals surface area contributed by atoms with E-state index in [1.807, 2.05) is 51.1 Å². The van der Waals surface area contributed by atoms with Gasteiger partial charge in [-0.2, -0.15) is 5.10 Å². The van der Waals surface area contributed by atoms with Crippen molar-refractivity contribution in [3.05, 3.63) is 53.3 Å². The topological polar surface area (TPSA) is 76.0 Å². The highest BCUT2D eigenvalue weighted by Gasteiger charge is 2.22. The van der Waals surface area contributed by atoms with Crippen LogP contribution in [0.25, 0.3) is 0 Å². The Bertz CT molecular complexity index is 692. The van der Waals surface area contributed by atoms with Gasteiger partial charge >= 0.3 is 0 Å². The second-order valence-corrected chi connectivity index (χ2v) is 5.65. The van der Waals surface area contributed by atoms with Gasteiger partial charge in [0.1, 0.15) is 5.69 Å². The molecule has 0 saturated carbocycles. The predicted octanol–water partition coefficient (Wildman–Crippen LogP) is 1.99. The first-order valence-corrected chi connectivity index (χ1v) is 7.61. The molecule has 0 spiro atoms. The molecule has 1 aromatic carbocycles. The summed E-state index contributed by atoms with van der Waals surface area (Å²) >= 11 is 0. The van der Waals surface area contributed by atoms with Gasteiger partial charge in [-0.25, -0.2) is 0 Å². The minimum absolute atomic E-state index is 0.00123. The third-order valence-corrected chi connectivity index (χ3v) is 3.50. The van der Waals surface area contributed by atoms with Gasteiger partial charge in [-0.15, -0.1) is 0 Å². The monoisotopic (exact) mass is 314 g/mol. The van der Waals surface area contributed by atoms with E-state index in [1.54, 1.807) is 4.68 Å². The lowest BCUT2D eigenvalue weighted by Gasteiger charge is -2.16. The fourth-order valence-corrected chi connectivity index (χ4v) is 2.31. The molecule has 2 N–H and O–H groups in total. The maximum Gasteiger partial charge on any atom is 0.271 e. The number of amides is 2. The first-order chi connectivity index (χ1) is 10.9. The van der Waals surface area contributed by atoms with E-state index in [1.165, 1.54) is 13.1 Å². The molecule has 2 rings (SSSR count). The lowest BCUT2D eigenvalue weighted by atomic mass is 10.1. The molecule has 6 nitrogen and oxygen atoms in total. The Balaban J connectivity index is 2.45. The summed E-state index contributed by atoms with van der Waals surface area (Å²) in [7, 11) is 1.54. The third-order valence-electron chi connectivity index (χ3n) is 3.50. The lowest BCUT2D eigenvalue weighted by molar-refractivity contribution is 0.0928. The maximum atomic E-state index is 12.4. The first kappa shape index (κ1) is 16.7. The summed E-state index contributed by atoms with van der Waals surface area (Å²) in [6.45, 7) is 5.72. The molecule has 0 radical (unpaired) electrons. The van der Waals surface area contributed by atoms with Crippen LogP contribution in [0.5, 0.6) is 0 Å². The molecule has 0 fully saturated rings. The SMILES string of the molecule is CNC(=O)c1cc(C(=O)NC(C)C)n([C@@H](C)c2ccccc2)n1. The second-order valence-electron chi connectivity index (χ2n) is 5.65.